The summed E-state index contributed by atoms with van der Waals surface area (Å²) in [5.74, 6) is -6.17. The Balaban J connectivity index is 0.00000255. The lowest BCUT2D eigenvalue weighted by Crippen LogP contribution is -2.15. The molecule has 0 spiro atoms. The van der Waals surface area contributed by atoms with E-state index in [4.69, 9.17) is 28.8 Å². The van der Waals surface area contributed by atoms with E-state index in [1.807, 2.05) is 62.4 Å². The zero-order valence-electron chi connectivity index (χ0n) is 42.6. The Hall–Kier alpha value is -9.76. The molecule has 0 fully saturated rings. The summed E-state index contributed by atoms with van der Waals surface area (Å²) in [6.07, 6.45) is 0. The Morgan fingerprint density at radius 3 is 0.870 bits per heavy atom. The fourth-order valence-corrected chi connectivity index (χ4v) is 10.5. The Morgan fingerprint density at radius 1 is 0.377 bits per heavy atom. The van der Waals surface area contributed by atoms with Crippen molar-refractivity contribution < 1.29 is 73.9 Å². The van der Waals surface area contributed by atoms with Gasteiger partial charge in [0, 0.05) is 80.8 Å². The molecule has 8 aromatic carbocycles. The van der Waals surface area contributed by atoms with Crippen LogP contribution in [0.15, 0.2) is 146 Å². The van der Waals surface area contributed by atoms with Gasteiger partial charge in [0.15, 0.2) is 0 Å². The minimum Gasteiger partial charge on any atom is -0.507 e. The van der Waals surface area contributed by atoms with Gasteiger partial charge in [-0.15, -0.1) is 0 Å². The van der Waals surface area contributed by atoms with Crippen LogP contribution in [0.1, 0.15) is 133 Å². The maximum Gasteiger partial charge on any atom is 0.335 e. The van der Waals surface area contributed by atoms with E-state index in [1.165, 1.54) is 75.9 Å². The fourth-order valence-electron chi connectivity index (χ4n) is 10.5. The second kappa shape index (κ2) is 22.4. The highest BCUT2D eigenvalue weighted by atomic mass is 16.5. The molecule has 0 aromatic heterocycles. The Kier molecular flexibility index (Phi) is 15.6. The van der Waals surface area contributed by atoms with Gasteiger partial charge in [0.05, 0.1) is 45.1 Å². The number of hydrogen-bond donors (Lipinski definition) is 7. The molecule has 0 saturated heterocycles. The molecule has 0 aliphatic heterocycles. The van der Waals surface area contributed by atoms with Crippen LogP contribution in [-0.4, -0.2) is 88.6 Å². The standard InChI is InChI=1S/C61H52O13.CH2O2/c1-31-7-9-33(10-8-31)56-42-26-46(53(73-5)29-49(42)63)58(36-15-21-39(22-16-36)61(69)70)43-27-47(54(74-6)30-50(43)64)57(35-13-19-38(20-14-35)60(67)68)41-25-45(52(72-4)28-48(41)62)55(34-11-17-37(18-12-34)59(65)66)40-24-44(56)51(71-3)23-32(40)2;2-1-3/h7-30,55-58,62-64H,1-6H3,(H,65,66)(H,67,68)(H,69,70);1H,(H,2,3). The number of phenols is 3. The highest BCUT2D eigenvalue weighted by Crippen LogP contribution is 2.53. The number of methoxy groups -OCH3 is 4. The van der Waals surface area contributed by atoms with Crippen molar-refractivity contribution >= 4 is 24.4 Å². The first kappa shape index (κ1) is 53.5. The number of hydrogen-bond acceptors (Lipinski definition) is 11. The number of aromatic carboxylic acids is 3. The van der Waals surface area contributed by atoms with E-state index in [0.29, 0.717) is 61.4 Å². The average Bonchev–Trinajstić information content (AvgIpc) is 3.45. The van der Waals surface area contributed by atoms with Crippen molar-refractivity contribution in [2.45, 2.75) is 37.5 Å². The number of phenolic OH excluding ortho intramolecular Hbond substituents is 3. The van der Waals surface area contributed by atoms with Gasteiger partial charge in [-0.1, -0.05) is 66.2 Å². The Morgan fingerprint density at radius 2 is 0.610 bits per heavy atom. The number of carbonyl (C=O) groups is 4. The molecule has 9 rings (SSSR count). The summed E-state index contributed by atoms with van der Waals surface area (Å²) in [4.78, 5) is 45.2. The lowest BCUT2D eigenvalue weighted by molar-refractivity contribution is -0.122. The van der Waals surface area contributed by atoms with E-state index in [0.717, 1.165) is 22.3 Å². The maximum atomic E-state index is 12.4. The number of aryl methyl sites for hydroxylation is 2. The molecular formula is C62H54O15. The largest absolute Gasteiger partial charge is 0.507 e. The molecule has 1 aliphatic rings. The SMILES string of the molecule is COc1cc(O)c2cc1C(c1ccc(C(=O)O)cc1)c1cc(c(OC)cc1C)C(c1ccc(C)cc1)c1cc(c(OC)cc1O)C(c1ccc(C(=O)O)cc1)c1cc(c(OC)cc1O)C2c1ccc(C(=O)O)cc1.O=CO. The summed E-state index contributed by atoms with van der Waals surface area (Å²) in [6, 6.07) is 40.7. The molecule has 0 amide bonds. The van der Waals surface area contributed by atoms with Crippen molar-refractivity contribution in [3.63, 3.8) is 0 Å². The summed E-state index contributed by atoms with van der Waals surface area (Å²) in [7, 11) is 5.96. The summed E-state index contributed by atoms with van der Waals surface area (Å²) < 4.78 is 24.6. The van der Waals surface area contributed by atoms with Gasteiger partial charge in [0.25, 0.3) is 6.47 Å². The number of aromatic hydroxyl groups is 3. The third-order valence-corrected chi connectivity index (χ3v) is 14.1. The van der Waals surface area contributed by atoms with Crippen LogP contribution in [-0.2, 0) is 4.79 Å². The molecule has 392 valence electrons. The Labute approximate surface area is 443 Å². The summed E-state index contributed by atoms with van der Waals surface area (Å²) in [5, 5.41) is 74.3. The predicted octanol–water partition coefficient (Wildman–Crippen LogP) is 11.3. The van der Waals surface area contributed by atoms with Crippen LogP contribution < -0.4 is 18.9 Å². The molecule has 4 unspecified atom stereocenters. The molecule has 7 N–H and O–H groups in total. The van der Waals surface area contributed by atoms with Crippen LogP contribution in [0.25, 0.3) is 0 Å². The smallest absolute Gasteiger partial charge is 0.335 e. The summed E-state index contributed by atoms with van der Waals surface area (Å²) in [6.45, 7) is 3.66. The topological polar surface area (TPSA) is 247 Å². The highest BCUT2D eigenvalue weighted by Gasteiger charge is 2.36. The van der Waals surface area contributed by atoms with Gasteiger partial charge in [-0.2, -0.15) is 0 Å². The van der Waals surface area contributed by atoms with Crippen molar-refractivity contribution in [1.29, 1.82) is 0 Å². The first-order chi connectivity index (χ1) is 37.0. The van der Waals surface area contributed by atoms with Crippen molar-refractivity contribution in [2.75, 3.05) is 28.4 Å². The van der Waals surface area contributed by atoms with Gasteiger partial charge in [0.1, 0.15) is 40.2 Å². The van der Waals surface area contributed by atoms with Gasteiger partial charge >= 0.3 is 17.9 Å². The summed E-state index contributed by atoms with van der Waals surface area (Å²) in [5.41, 5.74) is 8.23. The number of benzene rings is 8. The third kappa shape index (κ3) is 10.4. The minimum atomic E-state index is -1.15. The molecule has 1 aliphatic carbocycles. The number of fused-ring (bicyclic) bond motifs is 8. The molecular weight excluding hydrogens is 985 g/mol. The van der Waals surface area contributed by atoms with Crippen LogP contribution in [0.3, 0.4) is 0 Å². The molecule has 0 heterocycles. The van der Waals surface area contributed by atoms with Gasteiger partial charge < -0.3 is 54.7 Å². The van der Waals surface area contributed by atoms with Gasteiger partial charge in [0.2, 0.25) is 0 Å². The predicted molar refractivity (Wildman–Crippen MR) is 286 cm³/mol. The normalized spacial score (nSPS) is 15.5. The fraction of sp³-hybridized carbons (Fsp3) is 0.161. The van der Waals surface area contributed by atoms with Crippen LogP contribution >= 0.6 is 0 Å². The first-order valence-corrected chi connectivity index (χ1v) is 24.0. The molecule has 4 atom stereocenters. The number of carboxylic acid groups (broad SMARTS) is 4. The van der Waals surface area contributed by atoms with Crippen molar-refractivity contribution in [3.05, 3.63) is 240 Å². The molecule has 0 radical (unpaired) electrons. The minimum absolute atomic E-state index is 0.0136. The first-order valence-electron chi connectivity index (χ1n) is 24.0. The zero-order valence-corrected chi connectivity index (χ0v) is 42.6. The zero-order chi connectivity index (χ0) is 55.4. The number of carboxylic acids is 3. The molecule has 0 saturated carbocycles. The van der Waals surface area contributed by atoms with Crippen LogP contribution in [0.5, 0.6) is 40.2 Å². The van der Waals surface area contributed by atoms with Crippen LogP contribution in [0.2, 0.25) is 0 Å². The van der Waals surface area contributed by atoms with Crippen molar-refractivity contribution in [2.24, 2.45) is 0 Å². The number of ether oxygens (including phenoxy) is 4. The van der Waals surface area contributed by atoms with E-state index >= 15 is 0 Å². The van der Waals surface area contributed by atoms with Crippen molar-refractivity contribution in [3.8, 4) is 40.2 Å². The molecule has 15 nitrogen and oxygen atoms in total. The lowest BCUT2D eigenvalue weighted by atomic mass is 9.74. The highest BCUT2D eigenvalue weighted by molar-refractivity contribution is 5.89. The summed E-state index contributed by atoms with van der Waals surface area (Å²) >= 11 is 0. The van der Waals surface area contributed by atoms with E-state index in [9.17, 15) is 45.0 Å². The lowest BCUT2D eigenvalue weighted by Gasteiger charge is -2.31. The Bertz CT molecular complexity index is 3480. The quantitative estimate of drug-likeness (QED) is 0.0595. The van der Waals surface area contributed by atoms with Gasteiger partial charge in [-0.05, 0) is 114 Å². The maximum absolute atomic E-state index is 12.4. The van der Waals surface area contributed by atoms with E-state index in [2.05, 4.69) is 0 Å². The van der Waals surface area contributed by atoms with Gasteiger partial charge in [-0.3, -0.25) is 4.79 Å². The third-order valence-electron chi connectivity index (χ3n) is 14.1. The van der Waals surface area contributed by atoms with Gasteiger partial charge in [-0.25, -0.2) is 14.4 Å². The molecule has 8 aromatic rings. The van der Waals surface area contributed by atoms with E-state index in [-0.39, 0.29) is 57.7 Å². The average molecular weight is 1040 g/mol. The monoisotopic (exact) mass is 1040 g/mol. The second-order valence-corrected chi connectivity index (χ2v) is 18.4. The number of rotatable bonds is 11. The molecule has 8 bridgehead atoms. The van der Waals surface area contributed by atoms with E-state index < -0.39 is 41.6 Å². The van der Waals surface area contributed by atoms with E-state index in [1.54, 1.807) is 49.6 Å². The van der Waals surface area contributed by atoms with Crippen molar-refractivity contribution in [1.82, 2.24) is 0 Å². The second-order valence-electron chi connectivity index (χ2n) is 18.4. The van der Waals surface area contributed by atoms with Crippen LogP contribution in [0, 0.1) is 13.8 Å². The molecule has 77 heavy (non-hydrogen) atoms. The molecule has 15 heteroatoms. The van der Waals surface area contributed by atoms with Crippen LogP contribution in [0.4, 0.5) is 0 Å².